The average Bonchev–Trinajstić information content (AvgIpc) is 3.12. The molecule has 0 radical (unpaired) electrons. The van der Waals surface area contributed by atoms with E-state index in [1.54, 1.807) is 24.4 Å². The predicted octanol–water partition coefficient (Wildman–Crippen LogP) is 1.59. The van der Waals surface area contributed by atoms with Gasteiger partial charge in [0.05, 0.1) is 6.61 Å². The third-order valence-electron chi connectivity index (χ3n) is 4.28. The largest absolute Gasteiger partial charge is 0.480 e. The molecule has 1 aromatic heterocycles. The molecule has 1 aliphatic heterocycles. The fourth-order valence-electron chi connectivity index (χ4n) is 2.91. The van der Waals surface area contributed by atoms with E-state index in [4.69, 9.17) is 4.74 Å². The molecule has 26 heavy (non-hydrogen) atoms. The molecule has 2 N–H and O–H groups in total. The number of aromatic nitrogens is 1. The van der Waals surface area contributed by atoms with Crippen LogP contribution in [-0.4, -0.2) is 58.2 Å². The van der Waals surface area contributed by atoms with Crippen LogP contribution < -0.4 is 5.32 Å². The first-order valence-electron chi connectivity index (χ1n) is 8.89. The van der Waals surface area contributed by atoms with Crippen molar-refractivity contribution in [3.8, 4) is 0 Å². The molecule has 0 spiro atoms. The highest BCUT2D eigenvalue weighted by Gasteiger charge is 2.37. The molecule has 1 saturated heterocycles. The number of aliphatic carboxylic acids is 1. The monoisotopic (exact) mass is 363 g/mol. The fraction of sp³-hybridized carbons (Fsp3) is 0.556. The van der Waals surface area contributed by atoms with Crippen LogP contribution in [-0.2, 0) is 20.7 Å². The van der Waals surface area contributed by atoms with Crippen LogP contribution in [0, 0.1) is 0 Å². The van der Waals surface area contributed by atoms with E-state index in [9.17, 15) is 19.5 Å². The van der Waals surface area contributed by atoms with Crippen LogP contribution in [0.25, 0.3) is 0 Å². The van der Waals surface area contributed by atoms with Gasteiger partial charge in [0.1, 0.15) is 12.1 Å². The first-order chi connectivity index (χ1) is 12.5. The Morgan fingerprint density at radius 3 is 2.88 bits per heavy atom. The SMILES string of the molecule is CCCCOC(=O)N[C@@H](Cc1ccccn1)C(=O)N1CCC[C@H]1C(=O)O. The minimum atomic E-state index is -1.03. The van der Waals surface area contributed by atoms with E-state index in [0.29, 0.717) is 25.1 Å². The Bertz CT molecular complexity index is 623. The van der Waals surface area contributed by atoms with E-state index in [2.05, 4.69) is 10.3 Å². The van der Waals surface area contributed by atoms with Crippen molar-refractivity contribution >= 4 is 18.0 Å². The molecule has 2 amide bonds. The van der Waals surface area contributed by atoms with E-state index < -0.39 is 30.1 Å². The van der Waals surface area contributed by atoms with Crippen molar-refractivity contribution in [1.82, 2.24) is 15.2 Å². The van der Waals surface area contributed by atoms with Gasteiger partial charge in [-0.05, 0) is 31.4 Å². The van der Waals surface area contributed by atoms with Gasteiger partial charge in [-0.2, -0.15) is 0 Å². The summed E-state index contributed by atoms with van der Waals surface area (Å²) >= 11 is 0. The molecule has 142 valence electrons. The molecule has 0 aromatic carbocycles. The van der Waals surface area contributed by atoms with Crippen molar-refractivity contribution in [3.05, 3.63) is 30.1 Å². The van der Waals surface area contributed by atoms with E-state index >= 15 is 0 Å². The Morgan fingerprint density at radius 1 is 1.42 bits per heavy atom. The van der Waals surface area contributed by atoms with Crippen LogP contribution in [0.1, 0.15) is 38.3 Å². The number of likely N-dealkylation sites (tertiary alicyclic amines) is 1. The summed E-state index contributed by atoms with van der Waals surface area (Å²) in [6.07, 6.45) is 3.76. The van der Waals surface area contributed by atoms with Crippen molar-refractivity contribution in [3.63, 3.8) is 0 Å². The Kier molecular flexibility index (Phi) is 7.37. The molecule has 1 aliphatic rings. The highest BCUT2D eigenvalue weighted by molar-refractivity contribution is 5.90. The topological polar surface area (TPSA) is 109 Å². The number of carboxylic acid groups (broad SMARTS) is 1. The molecule has 1 fully saturated rings. The van der Waals surface area contributed by atoms with Crippen LogP contribution in [0.3, 0.4) is 0 Å². The van der Waals surface area contributed by atoms with Gasteiger partial charge < -0.3 is 20.1 Å². The van der Waals surface area contributed by atoms with Crippen molar-refractivity contribution in [1.29, 1.82) is 0 Å². The summed E-state index contributed by atoms with van der Waals surface area (Å²) in [5.41, 5.74) is 0.630. The molecule has 0 unspecified atom stereocenters. The van der Waals surface area contributed by atoms with Crippen molar-refractivity contribution in [2.45, 2.75) is 51.1 Å². The Balaban J connectivity index is 2.09. The molecule has 0 bridgehead atoms. The van der Waals surface area contributed by atoms with Gasteiger partial charge in [0.2, 0.25) is 5.91 Å². The van der Waals surface area contributed by atoms with Crippen molar-refractivity contribution in [2.24, 2.45) is 0 Å². The van der Waals surface area contributed by atoms with E-state index in [0.717, 1.165) is 12.8 Å². The molecule has 2 heterocycles. The molecular weight excluding hydrogens is 338 g/mol. The molecule has 8 heteroatoms. The number of rotatable bonds is 8. The summed E-state index contributed by atoms with van der Waals surface area (Å²) < 4.78 is 5.08. The second-order valence-corrected chi connectivity index (χ2v) is 6.24. The van der Waals surface area contributed by atoms with Gasteiger partial charge in [0.25, 0.3) is 0 Å². The smallest absolute Gasteiger partial charge is 0.407 e. The Morgan fingerprint density at radius 2 is 2.23 bits per heavy atom. The average molecular weight is 363 g/mol. The zero-order valence-corrected chi connectivity index (χ0v) is 14.9. The quantitative estimate of drug-likeness (QED) is 0.679. The maximum Gasteiger partial charge on any atom is 0.407 e. The van der Waals surface area contributed by atoms with Gasteiger partial charge >= 0.3 is 12.1 Å². The van der Waals surface area contributed by atoms with Gasteiger partial charge in [-0.25, -0.2) is 9.59 Å². The van der Waals surface area contributed by atoms with E-state index in [1.807, 2.05) is 6.92 Å². The maximum atomic E-state index is 12.9. The molecule has 1 aromatic rings. The van der Waals surface area contributed by atoms with Gasteiger partial charge in [-0.1, -0.05) is 19.4 Å². The summed E-state index contributed by atoms with van der Waals surface area (Å²) in [6.45, 7) is 2.61. The molecular formula is C18H25N3O5. The van der Waals surface area contributed by atoms with E-state index in [-0.39, 0.29) is 13.0 Å². The normalized spacial score (nSPS) is 17.6. The number of nitrogens with one attached hydrogen (secondary N) is 1. The second-order valence-electron chi connectivity index (χ2n) is 6.24. The number of ether oxygens (including phenoxy) is 1. The number of carbonyl (C=O) groups excluding carboxylic acids is 2. The van der Waals surface area contributed by atoms with Crippen molar-refractivity contribution < 1.29 is 24.2 Å². The number of carboxylic acids is 1. The lowest BCUT2D eigenvalue weighted by Gasteiger charge is -2.27. The second kappa shape index (κ2) is 9.74. The molecule has 2 rings (SSSR count). The summed E-state index contributed by atoms with van der Waals surface area (Å²) in [7, 11) is 0. The first kappa shape index (κ1) is 19.7. The number of hydrogen-bond acceptors (Lipinski definition) is 5. The van der Waals surface area contributed by atoms with Gasteiger partial charge in [0.15, 0.2) is 0 Å². The van der Waals surface area contributed by atoms with Gasteiger partial charge in [-0.3, -0.25) is 9.78 Å². The summed E-state index contributed by atoms with van der Waals surface area (Å²) in [5.74, 6) is -1.45. The van der Waals surface area contributed by atoms with Crippen molar-refractivity contribution in [2.75, 3.05) is 13.2 Å². The number of carbonyl (C=O) groups is 3. The Hall–Kier alpha value is -2.64. The van der Waals surface area contributed by atoms with Crippen LogP contribution in [0.15, 0.2) is 24.4 Å². The van der Waals surface area contributed by atoms with Gasteiger partial charge in [-0.15, -0.1) is 0 Å². The van der Waals surface area contributed by atoms with Crippen LogP contribution >= 0.6 is 0 Å². The zero-order chi connectivity index (χ0) is 18.9. The number of amides is 2. The van der Waals surface area contributed by atoms with Crippen LogP contribution in [0.5, 0.6) is 0 Å². The summed E-state index contributed by atoms with van der Waals surface area (Å²) in [6, 6.07) is 3.53. The molecule has 0 saturated carbocycles. The number of hydrogen-bond donors (Lipinski definition) is 2. The third-order valence-corrected chi connectivity index (χ3v) is 4.28. The zero-order valence-electron chi connectivity index (χ0n) is 14.9. The number of unbranched alkanes of at least 4 members (excludes halogenated alkanes) is 1. The maximum absolute atomic E-state index is 12.9. The van der Waals surface area contributed by atoms with Crippen LogP contribution in [0.2, 0.25) is 0 Å². The predicted molar refractivity (Wildman–Crippen MR) is 93.5 cm³/mol. The molecule has 0 aliphatic carbocycles. The number of alkyl carbamates (subject to hydrolysis) is 1. The lowest BCUT2D eigenvalue weighted by atomic mass is 10.1. The van der Waals surface area contributed by atoms with Gasteiger partial charge in [0, 0.05) is 24.9 Å². The van der Waals surface area contributed by atoms with Crippen LogP contribution in [0.4, 0.5) is 4.79 Å². The minimum Gasteiger partial charge on any atom is -0.480 e. The standard InChI is InChI=1S/C18H25N3O5/c1-2-3-11-26-18(25)20-14(12-13-7-4-5-9-19-13)16(22)21-10-6-8-15(21)17(23)24/h4-5,7,9,14-15H,2-3,6,8,10-12H2,1H3,(H,20,25)(H,23,24)/t14-,15-/m0/s1. The highest BCUT2D eigenvalue weighted by atomic mass is 16.5. The number of pyridine rings is 1. The Labute approximate surface area is 152 Å². The summed E-state index contributed by atoms with van der Waals surface area (Å²) in [5, 5.41) is 11.9. The molecule has 2 atom stereocenters. The van der Waals surface area contributed by atoms with E-state index in [1.165, 1.54) is 4.90 Å². The highest BCUT2D eigenvalue weighted by Crippen LogP contribution is 2.19. The molecule has 8 nitrogen and oxygen atoms in total. The lowest BCUT2D eigenvalue weighted by Crippen LogP contribution is -2.52. The number of nitrogens with zero attached hydrogens (tertiary/aromatic N) is 2. The first-order valence-corrected chi connectivity index (χ1v) is 8.89. The fourth-order valence-corrected chi connectivity index (χ4v) is 2.91. The lowest BCUT2D eigenvalue weighted by molar-refractivity contribution is -0.149. The summed E-state index contributed by atoms with van der Waals surface area (Å²) in [4.78, 5) is 41.8. The third kappa shape index (κ3) is 5.44. The minimum absolute atomic E-state index is 0.172.